The molecule has 7 heteroatoms. The Hall–Kier alpha value is -4.10. The molecule has 0 unspecified atom stereocenters. The summed E-state index contributed by atoms with van der Waals surface area (Å²) in [5, 5.41) is 11.3. The Bertz CT molecular complexity index is 1650. The van der Waals surface area contributed by atoms with Crippen molar-refractivity contribution in [3.63, 3.8) is 0 Å². The van der Waals surface area contributed by atoms with E-state index >= 15 is 0 Å². The number of H-pyrrole nitrogens is 1. The minimum atomic E-state index is -0.161. The summed E-state index contributed by atoms with van der Waals surface area (Å²) in [6, 6.07) is 27.6. The molecule has 0 spiro atoms. The number of aromatic amines is 1. The highest BCUT2D eigenvalue weighted by Gasteiger charge is 2.20. The van der Waals surface area contributed by atoms with E-state index in [2.05, 4.69) is 15.2 Å². The Morgan fingerprint density at radius 2 is 1.67 bits per heavy atom. The predicted octanol–water partition coefficient (Wildman–Crippen LogP) is 5.89. The van der Waals surface area contributed by atoms with Crippen LogP contribution in [0.5, 0.6) is 0 Å². The van der Waals surface area contributed by atoms with Gasteiger partial charge < -0.3 is 14.0 Å². The van der Waals surface area contributed by atoms with Crippen molar-refractivity contribution in [2.75, 3.05) is 0 Å². The Morgan fingerprint density at radius 1 is 0.909 bits per heavy atom. The highest BCUT2D eigenvalue weighted by molar-refractivity contribution is 7.99. The molecule has 0 atom stereocenters. The molecule has 6 rings (SSSR count). The van der Waals surface area contributed by atoms with Gasteiger partial charge in [-0.1, -0.05) is 66.7 Å². The summed E-state index contributed by atoms with van der Waals surface area (Å²) in [6.45, 7) is 0. The van der Waals surface area contributed by atoms with E-state index in [1.165, 1.54) is 11.8 Å². The van der Waals surface area contributed by atoms with Crippen molar-refractivity contribution in [3.05, 3.63) is 95.3 Å². The molecule has 6 nitrogen and oxygen atoms in total. The number of pyridine rings is 1. The van der Waals surface area contributed by atoms with Crippen LogP contribution >= 0.6 is 11.8 Å². The SMILES string of the molecule is Cn1c(Sc2c(-c3ccccc3)c3ccccc3[nH]c2=O)nnc1-c1cc2ccccc2o1. The first-order chi connectivity index (χ1) is 16.2. The van der Waals surface area contributed by atoms with Crippen molar-refractivity contribution < 1.29 is 4.42 Å². The molecule has 0 fully saturated rings. The second kappa shape index (κ2) is 7.79. The summed E-state index contributed by atoms with van der Waals surface area (Å²) in [7, 11) is 1.88. The number of nitrogens with one attached hydrogen (secondary N) is 1. The minimum Gasteiger partial charge on any atom is -0.453 e. The molecule has 0 aliphatic carbocycles. The molecule has 0 amide bonds. The molecule has 0 aliphatic heterocycles. The summed E-state index contributed by atoms with van der Waals surface area (Å²) in [5.74, 6) is 1.24. The van der Waals surface area contributed by atoms with E-state index in [0.717, 1.165) is 33.0 Å². The minimum absolute atomic E-state index is 0.161. The molecule has 160 valence electrons. The van der Waals surface area contributed by atoms with Gasteiger partial charge in [0.2, 0.25) is 0 Å². The maximum absolute atomic E-state index is 13.2. The average molecular weight is 451 g/mol. The van der Waals surface area contributed by atoms with Gasteiger partial charge in [-0.25, -0.2) is 0 Å². The normalized spacial score (nSPS) is 11.4. The quantitative estimate of drug-likeness (QED) is 0.362. The fourth-order valence-corrected chi connectivity index (χ4v) is 4.98. The van der Waals surface area contributed by atoms with E-state index in [1.54, 1.807) is 0 Å². The second-order valence-corrected chi connectivity index (χ2v) is 8.66. The van der Waals surface area contributed by atoms with Crippen LogP contribution in [0, 0.1) is 0 Å². The van der Waals surface area contributed by atoms with Crippen molar-refractivity contribution in [1.29, 1.82) is 0 Å². The third kappa shape index (κ3) is 3.34. The first-order valence-electron chi connectivity index (χ1n) is 10.5. The number of rotatable bonds is 4. The molecule has 3 heterocycles. The number of nitrogens with zero attached hydrogens (tertiary/aromatic N) is 3. The van der Waals surface area contributed by atoms with Gasteiger partial charge in [0.1, 0.15) is 5.58 Å². The lowest BCUT2D eigenvalue weighted by atomic mass is 10.0. The van der Waals surface area contributed by atoms with E-state index in [1.807, 2.05) is 96.5 Å². The summed E-state index contributed by atoms with van der Waals surface area (Å²) in [5.41, 5.74) is 3.29. The average Bonchev–Trinajstić information content (AvgIpc) is 3.43. The lowest BCUT2D eigenvalue weighted by Crippen LogP contribution is -2.11. The Labute approximate surface area is 192 Å². The zero-order valence-electron chi connectivity index (χ0n) is 17.6. The number of aromatic nitrogens is 4. The standard InChI is InChI=1S/C26H18N4O2S/c1-30-24(21-15-17-11-5-8-14-20(17)32-21)28-29-26(30)33-23-22(16-9-3-2-4-10-16)18-12-6-7-13-19(18)27-25(23)31/h2-15H,1H3,(H,27,31). The molecule has 3 aromatic heterocycles. The molecule has 1 N–H and O–H groups in total. The maximum atomic E-state index is 13.2. The van der Waals surface area contributed by atoms with Gasteiger partial charge in [0.25, 0.3) is 5.56 Å². The van der Waals surface area contributed by atoms with Crippen molar-refractivity contribution in [2.24, 2.45) is 7.05 Å². The molecule has 0 saturated heterocycles. The maximum Gasteiger partial charge on any atom is 0.263 e. The van der Waals surface area contributed by atoms with Gasteiger partial charge in [-0.15, -0.1) is 10.2 Å². The van der Waals surface area contributed by atoms with Gasteiger partial charge in [-0.3, -0.25) is 4.79 Å². The number of fused-ring (bicyclic) bond motifs is 2. The van der Waals surface area contributed by atoms with Gasteiger partial charge in [-0.2, -0.15) is 0 Å². The molecular formula is C26H18N4O2S. The topological polar surface area (TPSA) is 76.7 Å². The first kappa shape index (κ1) is 19.6. The van der Waals surface area contributed by atoms with Crippen LogP contribution in [0.2, 0.25) is 0 Å². The highest BCUT2D eigenvalue weighted by Crippen LogP contribution is 2.38. The van der Waals surface area contributed by atoms with E-state index < -0.39 is 0 Å². The summed E-state index contributed by atoms with van der Waals surface area (Å²) in [6.07, 6.45) is 0. The van der Waals surface area contributed by atoms with Gasteiger partial charge in [0.05, 0.1) is 4.90 Å². The van der Waals surface area contributed by atoms with Crippen LogP contribution in [0.15, 0.2) is 104 Å². The number of hydrogen-bond donors (Lipinski definition) is 1. The Morgan fingerprint density at radius 3 is 2.52 bits per heavy atom. The van der Waals surface area contributed by atoms with Gasteiger partial charge in [-0.05, 0) is 35.5 Å². The largest absolute Gasteiger partial charge is 0.453 e. The highest BCUT2D eigenvalue weighted by atomic mass is 32.2. The molecule has 6 aromatic rings. The summed E-state index contributed by atoms with van der Waals surface area (Å²) >= 11 is 1.30. The lowest BCUT2D eigenvalue weighted by Gasteiger charge is -2.12. The van der Waals surface area contributed by atoms with Crippen LogP contribution in [0.25, 0.3) is 44.6 Å². The first-order valence-corrected chi connectivity index (χ1v) is 11.3. The smallest absolute Gasteiger partial charge is 0.263 e. The van der Waals surface area contributed by atoms with E-state index in [-0.39, 0.29) is 5.56 Å². The lowest BCUT2D eigenvalue weighted by molar-refractivity contribution is 0.618. The summed E-state index contributed by atoms with van der Waals surface area (Å²) in [4.78, 5) is 16.8. The molecule has 3 aromatic carbocycles. The molecule has 33 heavy (non-hydrogen) atoms. The number of hydrogen-bond acceptors (Lipinski definition) is 5. The molecule has 0 saturated carbocycles. The number of benzene rings is 3. The number of furan rings is 1. The van der Waals surface area contributed by atoms with Crippen LogP contribution in [0.3, 0.4) is 0 Å². The van der Waals surface area contributed by atoms with E-state index in [4.69, 9.17) is 4.42 Å². The van der Waals surface area contributed by atoms with Crippen molar-refractivity contribution >= 4 is 33.6 Å². The zero-order chi connectivity index (χ0) is 22.4. The van der Waals surface area contributed by atoms with Crippen molar-refractivity contribution in [2.45, 2.75) is 10.1 Å². The van der Waals surface area contributed by atoms with E-state index in [9.17, 15) is 4.79 Å². The van der Waals surface area contributed by atoms with Crippen LogP contribution < -0.4 is 5.56 Å². The molecule has 0 aliphatic rings. The van der Waals surface area contributed by atoms with Crippen molar-refractivity contribution in [1.82, 2.24) is 19.7 Å². The predicted molar refractivity (Wildman–Crippen MR) is 130 cm³/mol. The van der Waals surface area contributed by atoms with Crippen LogP contribution in [0.4, 0.5) is 0 Å². The van der Waals surface area contributed by atoms with E-state index in [0.29, 0.717) is 21.6 Å². The molecular weight excluding hydrogens is 432 g/mol. The fraction of sp³-hybridized carbons (Fsp3) is 0.0385. The van der Waals surface area contributed by atoms with Gasteiger partial charge in [0.15, 0.2) is 16.7 Å². The monoisotopic (exact) mass is 450 g/mol. The van der Waals surface area contributed by atoms with Crippen LogP contribution in [0.1, 0.15) is 0 Å². The van der Waals surface area contributed by atoms with Gasteiger partial charge >= 0.3 is 0 Å². The number of para-hydroxylation sites is 2. The fourth-order valence-electron chi connectivity index (χ4n) is 4.02. The second-order valence-electron chi connectivity index (χ2n) is 7.69. The van der Waals surface area contributed by atoms with Crippen LogP contribution in [-0.4, -0.2) is 19.7 Å². The van der Waals surface area contributed by atoms with Crippen LogP contribution in [-0.2, 0) is 7.05 Å². The zero-order valence-corrected chi connectivity index (χ0v) is 18.5. The Kier molecular flexibility index (Phi) is 4.62. The van der Waals surface area contributed by atoms with Crippen molar-refractivity contribution in [3.8, 4) is 22.7 Å². The molecule has 0 bridgehead atoms. The third-order valence-corrected chi connectivity index (χ3v) is 6.75. The summed E-state index contributed by atoms with van der Waals surface area (Å²) < 4.78 is 7.83. The molecule has 0 radical (unpaired) electrons. The Balaban J connectivity index is 1.49. The third-order valence-electron chi connectivity index (χ3n) is 5.61. The van der Waals surface area contributed by atoms with Gasteiger partial charge in [0, 0.05) is 28.9 Å².